The largest absolute Gasteiger partial charge is 0.493 e. The molecule has 0 aliphatic heterocycles. The topological polar surface area (TPSA) is 69.2 Å². The first-order valence-electron chi connectivity index (χ1n) is 7.98. The Hall–Kier alpha value is -3.15. The lowest BCUT2D eigenvalue weighted by atomic mass is 10.1. The van der Waals surface area contributed by atoms with E-state index in [0.29, 0.717) is 11.5 Å². The van der Waals surface area contributed by atoms with Gasteiger partial charge in [-0.25, -0.2) is 4.98 Å². The lowest BCUT2D eigenvalue weighted by Gasteiger charge is -2.10. The van der Waals surface area contributed by atoms with Gasteiger partial charge in [0.05, 0.1) is 32.3 Å². The first-order chi connectivity index (χ1) is 12.3. The molecule has 1 N–H and O–H groups in total. The van der Waals surface area contributed by atoms with E-state index in [1.54, 1.807) is 32.8 Å². The summed E-state index contributed by atoms with van der Waals surface area (Å²) in [6.07, 6.45) is 6.10. The fourth-order valence-corrected chi connectivity index (χ4v) is 2.43. The molecule has 1 aromatic carbocycles. The molecule has 0 spiro atoms. The zero-order valence-electron chi connectivity index (χ0n) is 14.3. The lowest BCUT2D eigenvalue weighted by molar-refractivity contribution is 0.355. The quantitative estimate of drug-likeness (QED) is 0.714. The molecule has 0 saturated heterocycles. The van der Waals surface area contributed by atoms with Crippen molar-refractivity contribution in [2.75, 3.05) is 26.1 Å². The maximum atomic E-state index is 5.33. The van der Waals surface area contributed by atoms with Crippen molar-refractivity contribution in [2.24, 2.45) is 0 Å². The van der Waals surface area contributed by atoms with Gasteiger partial charge in [0.2, 0.25) is 0 Å². The third kappa shape index (κ3) is 4.23. The zero-order valence-corrected chi connectivity index (χ0v) is 14.3. The molecule has 0 aliphatic rings. The van der Waals surface area contributed by atoms with Gasteiger partial charge in [0.1, 0.15) is 5.82 Å². The first kappa shape index (κ1) is 16.7. The van der Waals surface area contributed by atoms with Crippen molar-refractivity contribution < 1.29 is 9.47 Å². The number of anilines is 1. The number of ether oxygens (including phenoxy) is 2. The van der Waals surface area contributed by atoms with Crippen LogP contribution in [0, 0.1) is 0 Å². The molecule has 0 atom stereocenters. The summed E-state index contributed by atoms with van der Waals surface area (Å²) in [5, 5.41) is 3.25. The minimum absolute atomic E-state index is 0.666. The summed E-state index contributed by atoms with van der Waals surface area (Å²) in [7, 11) is 3.23. The second-order valence-electron chi connectivity index (χ2n) is 5.35. The molecule has 0 unspecified atom stereocenters. The van der Waals surface area contributed by atoms with E-state index in [0.717, 1.165) is 35.7 Å². The van der Waals surface area contributed by atoms with Gasteiger partial charge < -0.3 is 14.8 Å². The minimum atomic E-state index is 0.666. The molecule has 3 aromatic rings. The van der Waals surface area contributed by atoms with Gasteiger partial charge >= 0.3 is 0 Å². The van der Waals surface area contributed by atoms with Crippen LogP contribution in [-0.4, -0.2) is 35.7 Å². The predicted molar refractivity (Wildman–Crippen MR) is 97.0 cm³/mol. The van der Waals surface area contributed by atoms with Gasteiger partial charge in [-0.3, -0.25) is 9.97 Å². The number of aromatic nitrogens is 3. The van der Waals surface area contributed by atoms with Crippen LogP contribution >= 0.6 is 0 Å². The normalized spacial score (nSPS) is 10.3. The van der Waals surface area contributed by atoms with E-state index in [1.165, 1.54) is 0 Å². The van der Waals surface area contributed by atoms with Crippen LogP contribution in [0.5, 0.6) is 11.5 Å². The molecule has 2 aromatic heterocycles. The first-order valence-corrected chi connectivity index (χ1v) is 7.98. The molecule has 0 saturated carbocycles. The number of hydrogen-bond acceptors (Lipinski definition) is 6. The van der Waals surface area contributed by atoms with E-state index in [2.05, 4.69) is 20.3 Å². The molecule has 0 aliphatic carbocycles. The van der Waals surface area contributed by atoms with Crippen LogP contribution in [0.1, 0.15) is 5.69 Å². The highest BCUT2D eigenvalue weighted by Crippen LogP contribution is 2.31. The van der Waals surface area contributed by atoms with Gasteiger partial charge in [0.25, 0.3) is 0 Å². The number of hydrogen-bond donors (Lipinski definition) is 1. The van der Waals surface area contributed by atoms with Crippen molar-refractivity contribution in [3.8, 4) is 22.8 Å². The van der Waals surface area contributed by atoms with Gasteiger partial charge in [-0.2, -0.15) is 0 Å². The van der Waals surface area contributed by atoms with Crippen molar-refractivity contribution in [1.82, 2.24) is 15.0 Å². The number of benzene rings is 1. The Labute approximate surface area is 146 Å². The molecular weight excluding hydrogens is 316 g/mol. The monoisotopic (exact) mass is 336 g/mol. The Morgan fingerprint density at radius 2 is 1.80 bits per heavy atom. The highest BCUT2D eigenvalue weighted by Gasteiger charge is 2.07. The van der Waals surface area contributed by atoms with Crippen LogP contribution in [-0.2, 0) is 6.42 Å². The Kier molecular flexibility index (Phi) is 5.41. The lowest BCUT2D eigenvalue weighted by Crippen LogP contribution is -2.07. The molecule has 0 fully saturated rings. The highest BCUT2D eigenvalue weighted by atomic mass is 16.5. The number of rotatable bonds is 7. The number of pyridine rings is 1. The second kappa shape index (κ2) is 8.10. The van der Waals surface area contributed by atoms with E-state index in [-0.39, 0.29) is 0 Å². The predicted octanol–water partition coefficient (Wildman–Crippen LogP) is 3.21. The summed E-state index contributed by atoms with van der Waals surface area (Å²) in [5.74, 6) is 2.09. The van der Waals surface area contributed by atoms with Crippen LogP contribution in [0.15, 0.2) is 55.0 Å². The van der Waals surface area contributed by atoms with Crippen molar-refractivity contribution in [1.29, 1.82) is 0 Å². The van der Waals surface area contributed by atoms with Crippen LogP contribution in [0.4, 0.5) is 5.82 Å². The summed E-state index contributed by atoms with van der Waals surface area (Å²) in [6, 6.07) is 11.6. The van der Waals surface area contributed by atoms with E-state index >= 15 is 0 Å². The van der Waals surface area contributed by atoms with E-state index in [1.807, 2.05) is 36.4 Å². The third-order valence-electron chi connectivity index (χ3n) is 3.74. The standard InChI is InChI=1S/C19H20N4O2/c1-24-17-7-6-14(11-18(17)25-2)16-12-23-19(13-22-16)21-10-8-15-5-3-4-9-20-15/h3-7,9,11-13H,8,10H2,1-2H3,(H,21,23). The van der Waals surface area contributed by atoms with Crippen LogP contribution in [0.3, 0.4) is 0 Å². The second-order valence-corrected chi connectivity index (χ2v) is 5.35. The van der Waals surface area contributed by atoms with Gasteiger partial charge in [0, 0.05) is 30.4 Å². The van der Waals surface area contributed by atoms with Gasteiger partial charge in [-0.05, 0) is 30.3 Å². The molecule has 0 radical (unpaired) electrons. The molecular formula is C19H20N4O2. The zero-order chi connectivity index (χ0) is 17.5. The smallest absolute Gasteiger partial charge is 0.161 e. The molecule has 0 amide bonds. The average molecular weight is 336 g/mol. The SMILES string of the molecule is COc1ccc(-c2cnc(NCCc3ccccn3)cn2)cc1OC. The number of nitrogens with zero attached hydrogens (tertiary/aromatic N) is 3. The summed E-state index contributed by atoms with van der Waals surface area (Å²) in [6.45, 7) is 0.751. The van der Waals surface area contributed by atoms with Crippen LogP contribution < -0.4 is 14.8 Å². The third-order valence-corrected chi connectivity index (χ3v) is 3.74. The Balaban J connectivity index is 1.64. The van der Waals surface area contributed by atoms with Crippen molar-refractivity contribution in [2.45, 2.75) is 6.42 Å². The van der Waals surface area contributed by atoms with E-state index in [9.17, 15) is 0 Å². The van der Waals surface area contributed by atoms with Gasteiger partial charge in [-0.15, -0.1) is 0 Å². The summed E-state index contributed by atoms with van der Waals surface area (Å²) < 4.78 is 10.6. The number of nitrogens with one attached hydrogen (secondary N) is 1. The van der Waals surface area contributed by atoms with Gasteiger partial charge in [0.15, 0.2) is 11.5 Å². The van der Waals surface area contributed by atoms with Crippen LogP contribution in [0.25, 0.3) is 11.3 Å². The molecule has 128 valence electrons. The average Bonchev–Trinajstić information content (AvgIpc) is 2.69. The molecule has 2 heterocycles. The minimum Gasteiger partial charge on any atom is -0.493 e. The Morgan fingerprint density at radius 3 is 2.48 bits per heavy atom. The fourth-order valence-electron chi connectivity index (χ4n) is 2.43. The fraction of sp³-hybridized carbons (Fsp3) is 0.211. The van der Waals surface area contributed by atoms with Crippen molar-refractivity contribution in [3.63, 3.8) is 0 Å². The Morgan fingerprint density at radius 1 is 0.920 bits per heavy atom. The number of methoxy groups -OCH3 is 2. The van der Waals surface area contributed by atoms with Crippen molar-refractivity contribution >= 4 is 5.82 Å². The summed E-state index contributed by atoms with van der Waals surface area (Å²) >= 11 is 0. The maximum Gasteiger partial charge on any atom is 0.161 e. The summed E-state index contributed by atoms with van der Waals surface area (Å²) in [5.41, 5.74) is 2.74. The van der Waals surface area contributed by atoms with E-state index < -0.39 is 0 Å². The highest BCUT2D eigenvalue weighted by molar-refractivity contribution is 5.63. The van der Waals surface area contributed by atoms with Crippen LogP contribution in [0.2, 0.25) is 0 Å². The van der Waals surface area contributed by atoms with E-state index in [4.69, 9.17) is 9.47 Å². The summed E-state index contributed by atoms with van der Waals surface area (Å²) in [4.78, 5) is 13.2. The molecule has 3 rings (SSSR count). The molecule has 6 heteroatoms. The molecule has 0 bridgehead atoms. The maximum absolute atomic E-state index is 5.33. The van der Waals surface area contributed by atoms with Gasteiger partial charge in [-0.1, -0.05) is 6.07 Å². The molecule has 6 nitrogen and oxygen atoms in total. The Bertz CT molecular complexity index is 807. The van der Waals surface area contributed by atoms with Crippen molar-refractivity contribution in [3.05, 3.63) is 60.7 Å². The molecule has 25 heavy (non-hydrogen) atoms.